The summed E-state index contributed by atoms with van der Waals surface area (Å²) in [6.07, 6.45) is 0. The van der Waals surface area contributed by atoms with Crippen molar-refractivity contribution in [2.45, 2.75) is 32.9 Å². The predicted octanol–water partition coefficient (Wildman–Crippen LogP) is 1.99. The van der Waals surface area contributed by atoms with E-state index in [0.29, 0.717) is 0 Å². The van der Waals surface area contributed by atoms with Gasteiger partial charge < -0.3 is 11.1 Å². The van der Waals surface area contributed by atoms with Crippen molar-refractivity contribution in [3.8, 4) is 0 Å². The summed E-state index contributed by atoms with van der Waals surface area (Å²) < 4.78 is 12.7. The largest absolute Gasteiger partial charge is 0.348 e. The average Bonchev–Trinajstić information content (AvgIpc) is 2.28. The number of carbonyl (C=O) groups is 1. The number of rotatable bonds is 4. The van der Waals surface area contributed by atoms with E-state index in [4.69, 9.17) is 5.73 Å². The van der Waals surface area contributed by atoms with Gasteiger partial charge in [-0.1, -0.05) is 26.0 Å². The Morgan fingerprint density at radius 1 is 1.24 bits per heavy atom. The molecule has 1 amide bonds. The first-order valence-corrected chi connectivity index (χ1v) is 5.73. The smallest absolute Gasteiger partial charge is 0.237 e. The van der Waals surface area contributed by atoms with Crippen LogP contribution in [0, 0.1) is 11.7 Å². The van der Waals surface area contributed by atoms with Crippen molar-refractivity contribution in [2.75, 3.05) is 0 Å². The number of hydrogen-bond acceptors (Lipinski definition) is 2. The van der Waals surface area contributed by atoms with Gasteiger partial charge in [-0.15, -0.1) is 0 Å². The number of nitrogens with one attached hydrogen (secondary N) is 1. The van der Waals surface area contributed by atoms with Crippen LogP contribution in [0.15, 0.2) is 24.3 Å². The van der Waals surface area contributed by atoms with E-state index in [0.717, 1.165) is 5.56 Å². The van der Waals surface area contributed by atoms with Crippen molar-refractivity contribution >= 4 is 5.91 Å². The highest BCUT2D eigenvalue weighted by atomic mass is 19.1. The highest BCUT2D eigenvalue weighted by Gasteiger charge is 2.19. The molecule has 17 heavy (non-hydrogen) atoms. The molecule has 94 valence electrons. The number of benzene rings is 1. The van der Waals surface area contributed by atoms with Gasteiger partial charge in [0.05, 0.1) is 12.1 Å². The minimum Gasteiger partial charge on any atom is -0.348 e. The molecule has 0 aliphatic carbocycles. The lowest BCUT2D eigenvalue weighted by atomic mass is 10.0. The van der Waals surface area contributed by atoms with E-state index in [1.807, 2.05) is 20.8 Å². The molecule has 0 fully saturated rings. The first-order chi connectivity index (χ1) is 7.91. The minimum absolute atomic E-state index is 0.0930. The van der Waals surface area contributed by atoms with Gasteiger partial charge in [-0.05, 0) is 30.5 Å². The SMILES string of the molecule is CC(C)C(N)C(=O)N[C@@H](C)c1ccc(F)cc1. The molecule has 0 aliphatic rings. The summed E-state index contributed by atoms with van der Waals surface area (Å²) in [6.45, 7) is 5.64. The van der Waals surface area contributed by atoms with Crippen LogP contribution in [-0.2, 0) is 4.79 Å². The predicted molar refractivity (Wildman–Crippen MR) is 65.8 cm³/mol. The molecule has 2 atom stereocenters. The Morgan fingerprint density at radius 3 is 2.24 bits per heavy atom. The summed E-state index contributed by atoms with van der Waals surface area (Å²) in [5, 5.41) is 2.81. The van der Waals surface area contributed by atoms with E-state index < -0.39 is 6.04 Å². The van der Waals surface area contributed by atoms with Crippen molar-refractivity contribution in [2.24, 2.45) is 11.7 Å². The van der Waals surface area contributed by atoms with Crippen LogP contribution in [-0.4, -0.2) is 11.9 Å². The highest BCUT2D eigenvalue weighted by Crippen LogP contribution is 2.13. The second-order valence-electron chi connectivity index (χ2n) is 4.55. The molecule has 1 unspecified atom stereocenters. The molecule has 0 aromatic heterocycles. The molecule has 0 spiro atoms. The summed E-state index contributed by atoms with van der Waals surface area (Å²) in [4.78, 5) is 11.7. The fourth-order valence-electron chi connectivity index (χ4n) is 1.45. The van der Waals surface area contributed by atoms with E-state index in [2.05, 4.69) is 5.32 Å². The lowest BCUT2D eigenvalue weighted by Gasteiger charge is -2.19. The van der Waals surface area contributed by atoms with Crippen molar-refractivity contribution in [3.05, 3.63) is 35.6 Å². The minimum atomic E-state index is -0.516. The number of amides is 1. The lowest BCUT2D eigenvalue weighted by Crippen LogP contribution is -2.44. The summed E-state index contributed by atoms with van der Waals surface area (Å²) in [6, 6.07) is 5.37. The first kappa shape index (κ1) is 13.6. The third kappa shape index (κ3) is 3.82. The maximum Gasteiger partial charge on any atom is 0.237 e. The summed E-state index contributed by atoms with van der Waals surface area (Å²) in [7, 11) is 0. The zero-order chi connectivity index (χ0) is 13.0. The molecular weight excluding hydrogens is 219 g/mol. The highest BCUT2D eigenvalue weighted by molar-refractivity contribution is 5.82. The molecule has 3 nitrogen and oxygen atoms in total. The number of nitrogens with two attached hydrogens (primary N) is 1. The van der Waals surface area contributed by atoms with Crippen LogP contribution in [0.1, 0.15) is 32.4 Å². The standard InChI is InChI=1S/C13H19FN2O/c1-8(2)12(15)13(17)16-9(3)10-4-6-11(14)7-5-10/h4-9,12H,15H2,1-3H3,(H,16,17)/t9-,12?/m0/s1. The van der Waals surface area contributed by atoms with Gasteiger partial charge in [0.25, 0.3) is 0 Å². The molecule has 0 bridgehead atoms. The van der Waals surface area contributed by atoms with Crippen LogP contribution in [0.4, 0.5) is 4.39 Å². The van der Waals surface area contributed by atoms with Crippen LogP contribution in [0.3, 0.4) is 0 Å². The summed E-state index contributed by atoms with van der Waals surface area (Å²) in [5.74, 6) is -0.376. The van der Waals surface area contributed by atoms with Gasteiger partial charge >= 0.3 is 0 Å². The number of hydrogen-bond donors (Lipinski definition) is 2. The van der Waals surface area contributed by atoms with Crippen molar-refractivity contribution in [3.63, 3.8) is 0 Å². The lowest BCUT2D eigenvalue weighted by molar-refractivity contribution is -0.123. The van der Waals surface area contributed by atoms with E-state index in [1.54, 1.807) is 12.1 Å². The molecule has 0 saturated heterocycles. The Morgan fingerprint density at radius 2 is 1.76 bits per heavy atom. The maximum absolute atomic E-state index is 12.7. The average molecular weight is 238 g/mol. The van der Waals surface area contributed by atoms with Crippen molar-refractivity contribution in [1.82, 2.24) is 5.32 Å². The molecule has 4 heteroatoms. The van der Waals surface area contributed by atoms with Crippen LogP contribution in [0.25, 0.3) is 0 Å². The molecule has 0 saturated carbocycles. The van der Waals surface area contributed by atoms with Gasteiger partial charge in [0.1, 0.15) is 5.82 Å². The Bertz CT molecular complexity index is 376. The monoisotopic (exact) mass is 238 g/mol. The number of carbonyl (C=O) groups excluding carboxylic acids is 1. The molecule has 1 aromatic carbocycles. The zero-order valence-corrected chi connectivity index (χ0v) is 10.4. The third-order valence-corrected chi connectivity index (χ3v) is 2.75. The summed E-state index contributed by atoms with van der Waals surface area (Å²) in [5.41, 5.74) is 6.60. The van der Waals surface area contributed by atoms with Gasteiger partial charge in [0, 0.05) is 0 Å². The van der Waals surface area contributed by atoms with Crippen LogP contribution >= 0.6 is 0 Å². The molecule has 1 aromatic rings. The molecule has 0 heterocycles. The first-order valence-electron chi connectivity index (χ1n) is 5.73. The fourth-order valence-corrected chi connectivity index (χ4v) is 1.45. The fraction of sp³-hybridized carbons (Fsp3) is 0.462. The second-order valence-corrected chi connectivity index (χ2v) is 4.55. The number of halogens is 1. The maximum atomic E-state index is 12.7. The Kier molecular flexibility index (Phi) is 4.63. The van der Waals surface area contributed by atoms with Gasteiger partial charge in [-0.25, -0.2) is 4.39 Å². The Balaban J connectivity index is 2.63. The zero-order valence-electron chi connectivity index (χ0n) is 10.4. The quantitative estimate of drug-likeness (QED) is 0.842. The molecule has 1 rings (SSSR count). The topological polar surface area (TPSA) is 55.1 Å². The third-order valence-electron chi connectivity index (χ3n) is 2.75. The van der Waals surface area contributed by atoms with Crippen LogP contribution in [0.2, 0.25) is 0 Å². The normalized spacial score (nSPS) is 14.5. The van der Waals surface area contributed by atoms with Gasteiger partial charge in [-0.3, -0.25) is 4.79 Å². The van der Waals surface area contributed by atoms with E-state index in [9.17, 15) is 9.18 Å². The van der Waals surface area contributed by atoms with E-state index >= 15 is 0 Å². The Hall–Kier alpha value is -1.42. The second kappa shape index (κ2) is 5.77. The molecule has 0 aliphatic heterocycles. The Labute approximate surface area is 101 Å². The van der Waals surface area contributed by atoms with Crippen LogP contribution < -0.4 is 11.1 Å². The van der Waals surface area contributed by atoms with Gasteiger partial charge in [0.2, 0.25) is 5.91 Å². The van der Waals surface area contributed by atoms with Gasteiger partial charge in [0.15, 0.2) is 0 Å². The molecule has 3 N–H and O–H groups in total. The molecular formula is C13H19FN2O. The molecule has 0 radical (unpaired) electrons. The van der Waals surface area contributed by atoms with Gasteiger partial charge in [-0.2, -0.15) is 0 Å². The van der Waals surface area contributed by atoms with Crippen LogP contribution in [0.5, 0.6) is 0 Å². The van der Waals surface area contributed by atoms with E-state index in [-0.39, 0.29) is 23.7 Å². The summed E-state index contributed by atoms with van der Waals surface area (Å²) >= 11 is 0. The van der Waals surface area contributed by atoms with E-state index in [1.165, 1.54) is 12.1 Å². The van der Waals surface area contributed by atoms with Crippen molar-refractivity contribution in [1.29, 1.82) is 0 Å². The van der Waals surface area contributed by atoms with Crippen molar-refractivity contribution < 1.29 is 9.18 Å².